The molecule has 762 valence electrons. The number of nitrogens with zero attached hydrogens (tertiary/aromatic N) is 9. The number of esters is 3. The first-order valence-corrected chi connectivity index (χ1v) is 49.3. The van der Waals surface area contributed by atoms with Crippen molar-refractivity contribution in [1.82, 2.24) is 43.6 Å². The molecule has 5 amide bonds. The second-order valence-electron chi connectivity index (χ2n) is 34.9. The highest BCUT2D eigenvalue weighted by Gasteiger charge is 2.24. The van der Waals surface area contributed by atoms with Gasteiger partial charge in [0, 0.05) is 137 Å². The number of anilines is 5. The SMILES string of the molecule is CCCN(CCC)C(=O)c1ccc(C)c(N)c1.CCCN(CCC)C(=O)c1ccc(C)c(NCc2ccc(C(=O)OC)cc2)c1.CCCN(CCC)C(=O)c1ccc(N)c(NCc2ccc(C(=O)OC)cc2)c1.CCCN(CCC)C(=O)c1ccc2nc(C)n(Cc3ccc(C(=O)O)cc3)c2c1.CCCN(CCC)C(=O)c1ccc2nc(C)n(Cc3ccc(C(=O)OC)cc3)c2c1.Cc1ccc(C(=O)O)cc1N. The van der Waals surface area contributed by atoms with Crippen molar-refractivity contribution >= 4 is 110 Å². The zero-order valence-electron chi connectivity index (χ0n) is 86.6. The maximum Gasteiger partial charge on any atom is 0.337 e. The van der Waals surface area contributed by atoms with Gasteiger partial charge in [-0.2, -0.15) is 0 Å². The Bertz CT molecular complexity index is 6050. The minimum absolute atomic E-state index is 0.0224. The number of hydrogen-bond donors (Lipinski definition) is 7. The number of benzene rings is 10. The molecular formula is C114H146N14O15. The Kier molecular flexibility index (Phi) is 47.2. The minimum atomic E-state index is -0.947. The first-order chi connectivity index (χ1) is 68.6. The molecule has 0 unspecified atom stereocenters. The molecule has 29 heteroatoms. The lowest BCUT2D eigenvalue weighted by Gasteiger charge is -2.22. The normalized spacial score (nSPS) is 10.6. The van der Waals surface area contributed by atoms with E-state index in [1.54, 1.807) is 78.9 Å². The molecule has 0 fully saturated rings. The molecule has 0 bridgehead atoms. The van der Waals surface area contributed by atoms with Crippen molar-refractivity contribution in [3.05, 3.63) is 312 Å². The average Bonchev–Trinajstić information content (AvgIpc) is 1.64. The van der Waals surface area contributed by atoms with Crippen LogP contribution in [-0.2, 0) is 40.4 Å². The van der Waals surface area contributed by atoms with E-state index < -0.39 is 11.9 Å². The van der Waals surface area contributed by atoms with Crippen LogP contribution in [0.1, 0.15) is 288 Å². The summed E-state index contributed by atoms with van der Waals surface area (Å²) in [6.07, 6.45) is 9.43. The number of nitrogens with two attached hydrogens (primary N) is 3. The second kappa shape index (κ2) is 58.8. The first-order valence-electron chi connectivity index (χ1n) is 49.3. The van der Waals surface area contributed by atoms with Crippen LogP contribution < -0.4 is 27.8 Å². The Morgan fingerprint density at radius 1 is 0.287 bits per heavy atom. The van der Waals surface area contributed by atoms with Crippen LogP contribution in [0.25, 0.3) is 22.1 Å². The number of amides is 5. The third-order valence-corrected chi connectivity index (χ3v) is 23.6. The summed E-state index contributed by atoms with van der Waals surface area (Å²) in [5, 5.41) is 24.3. The molecule has 2 heterocycles. The number of fused-ring (bicyclic) bond motifs is 2. The Morgan fingerprint density at radius 3 is 0.832 bits per heavy atom. The monoisotopic (exact) mass is 1950 g/mol. The number of hydrogen-bond acceptors (Lipinski definition) is 20. The predicted octanol–water partition coefficient (Wildman–Crippen LogP) is 21.5. The Hall–Kier alpha value is -15.2. The van der Waals surface area contributed by atoms with Gasteiger partial charge in [0.1, 0.15) is 11.6 Å². The number of nitrogen functional groups attached to an aromatic ring is 3. The Balaban J connectivity index is 0.000000238. The number of carboxylic acid groups (broad SMARTS) is 2. The van der Waals surface area contributed by atoms with Gasteiger partial charge in [0.15, 0.2) is 0 Å². The van der Waals surface area contributed by atoms with Crippen molar-refractivity contribution in [3.63, 3.8) is 0 Å². The lowest BCUT2D eigenvalue weighted by Crippen LogP contribution is -2.32. The van der Waals surface area contributed by atoms with Crippen molar-refractivity contribution < 1.29 is 72.4 Å². The fraction of sp³-hybridized carbons (Fsp3) is 0.368. The van der Waals surface area contributed by atoms with E-state index in [1.807, 2.05) is 174 Å². The van der Waals surface area contributed by atoms with Gasteiger partial charge in [-0.15, -0.1) is 0 Å². The van der Waals surface area contributed by atoms with E-state index in [0.717, 1.165) is 214 Å². The van der Waals surface area contributed by atoms with E-state index in [1.165, 1.54) is 33.5 Å². The third-order valence-electron chi connectivity index (χ3n) is 23.6. The summed E-state index contributed by atoms with van der Waals surface area (Å²) in [6.45, 7) is 40.5. The number of nitrogens with one attached hydrogen (secondary N) is 2. The summed E-state index contributed by atoms with van der Waals surface area (Å²) in [6, 6.07) is 61.4. The molecular weight excluding hydrogens is 1810 g/mol. The highest BCUT2D eigenvalue weighted by atomic mass is 16.5. The number of rotatable bonds is 40. The Labute approximate surface area is 842 Å². The summed E-state index contributed by atoms with van der Waals surface area (Å²) in [5.74, 6) is -0.911. The smallest absolute Gasteiger partial charge is 0.337 e. The van der Waals surface area contributed by atoms with Gasteiger partial charge in [-0.3, -0.25) is 24.0 Å². The zero-order valence-corrected chi connectivity index (χ0v) is 86.6. The molecule has 10 aromatic carbocycles. The van der Waals surface area contributed by atoms with Gasteiger partial charge < -0.3 is 85.9 Å². The summed E-state index contributed by atoms with van der Waals surface area (Å²) in [7, 11) is 4.10. The molecule has 0 aliphatic rings. The van der Waals surface area contributed by atoms with Crippen LogP contribution in [-0.4, -0.2) is 200 Å². The molecule has 0 radical (unpaired) electrons. The molecule has 0 spiro atoms. The third kappa shape index (κ3) is 34.1. The summed E-state index contributed by atoms with van der Waals surface area (Å²) in [4.78, 5) is 139. The number of ether oxygens (including phenoxy) is 3. The lowest BCUT2D eigenvalue weighted by atomic mass is 10.1. The molecule has 143 heavy (non-hydrogen) atoms. The molecule has 0 saturated heterocycles. The number of aryl methyl sites for hydroxylation is 5. The quantitative estimate of drug-likeness (QED) is 0.0107. The number of carbonyl (C=O) groups is 10. The van der Waals surface area contributed by atoms with Crippen LogP contribution in [0.4, 0.5) is 28.4 Å². The highest BCUT2D eigenvalue weighted by Crippen LogP contribution is 2.28. The predicted molar refractivity (Wildman–Crippen MR) is 571 cm³/mol. The van der Waals surface area contributed by atoms with E-state index in [4.69, 9.17) is 41.6 Å². The maximum absolute atomic E-state index is 13.0. The molecule has 10 N–H and O–H groups in total. The molecule has 0 aliphatic carbocycles. The number of methoxy groups -OCH3 is 3. The molecule has 29 nitrogen and oxygen atoms in total. The second-order valence-corrected chi connectivity index (χ2v) is 34.9. The average molecular weight is 1950 g/mol. The van der Waals surface area contributed by atoms with Crippen molar-refractivity contribution in [2.75, 3.05) is 115 Å². The van der Waals surface area contributed by atoms with Gasteiger partial charge in [0.2, 0.25) is 0 Å². The number of aromatic nitrogens is 4. The molecule has 0 aliphatic heterocycles. The lowest BCUT2D eigenvalue weighted by molar-refractivity contribution is 0.0592. The van der Waals surface area contributed by atoms with Gasteiger partial charge in [0.25, 0.3) is 29.5 Å². The first kappa shape index (κ1) is 115. The summed E-state index contributed by atoms with van der Waals surface area (Å²) < 4.78 is 18.3. The van der Waals surface area contributed by atoms with Gasteiger partial charge in [0.05, 0.1) is 82.6 Å². The number of carbonyl (C=O) groups excluding carboxylic acids is 8. The van der Waals surface area contributed by atoms with Crippen LogP contribution >= 0.6 is 0 Å². The van der Waals surface area contributed by atoms with Crippen molar-refractivity contribution in [2.24, 2.45) is 0 Å². The number of aromatic carboxylic acids is 2. The molecule has 12 rings (SSSR count). The van der Waals surface area contributed by atoms with Gasteiger partial charge in [-0.05, 0) is 277 Å². The van der Waals surface area contributed by atoms with Gasteiger partial charge >= 0.3 is 29.8 Å². The fourth-order valence-electron chi connectivity index (χ4n) is 15.8. The largest absolute Gasteiger partial charge is 0.478 e. The van der Waals surface area contributed by atoms with E-state index >= 15 is 0 Å². The molecule has 2 aromatic heterocycles. The van der Waals surface area contributed by atoms with E-state index in [-0.39, 0.29) is 58.6 Å². The topological polar surface area (TPSA) is 393 Å². The van der Waals surface area contributed by atoms with Gasteiger partial charge in [-0.1, -0.05) is 136 Å². The van der Waals surface area contributed by atoms with E-state index in [9.17, 15) is 47.9 Å². The molecule has 0 atom stereocenters. The van der Waals surface area contributed by atoms with Crippen molar-refractivity contribution in [3.8, 4) is 0 Å². The zero-order chi connectivity index (χ0) is 105. The van der Waals surface area contributed by atoms with Crippen molar-refractivity contribution in [1.29, 1.82) is 0 Å². The van der Waals surface area contributed by atoms with Crippen LogP contribution in [0, 0.1) is 34.6 Å². The fourth-order valence-corrected chi connectivity index (χ4v) is 15.8. The summed E-state index contributed by atoms with van der Waals surface area (Å²) >= 11 is 0. The maximum atomic E-state index is 13.0. The Morgan fingerprint density at radius 2 is 0.531 bits per heavy atom. The summed E-state index contributed by atoms with van der Waals surface area (Å²) in [5.41, 5.74) is 36.9. The van der Waals surface area contributed by atoms with Crippen molar-refractivity contribution in [2.45, 2.75) is 194 Å². The van der Waals surface area contributed by atoms with Gasteiger partial charge in [-0.25, -0.2) is 33.9 Å². The molecule has 0 saturated carbocycles. The van der Waals surface area contributed by atoms with Crippen LogP contribution in [0.5, 0.6) is 0 Å². The van der Waals surface area contributed by atoms with Crippen LogP contribution in [0.15, 0.2) is 206 Å². The van der Waals surface area contributed by atoms with E-state index in [2.05, 4.69) is 99.0 Å². The van der Waals surface area contributed by atoms with E-state index in [0.29, 0.717) is 87.7 Å². The number of imidazole rings is 2. The number of carboxylic acids is 2. The van der Waals surface area contributed by atoms with Crippen LogP contribution in [0.2, 0.25) is 0 Å². The molecule has 12 aromatic rings. The van der Waals surface area contributed by atoms with Crippen LogP contribution in [0.3, 0.4) is 0 Å². The highest BCUT2D eigenvalue weighted by molar-refractivity contribution is 6.01. The minimum Gasteiger partial charge on any atom is -0.478 e. The standard InChI is InChI=1S/C24H29N3O3.C23H27N3O3.C23H30N2O3.C22H29N3O3.C14H22N2O.C8H9NO2/c1-5-13-26(14-6-2)23(28)20-11-12-21-22(15-20)27(17(3)25-21)16-18-7-9-19(10-8-18)24(29)30-4;1-4-12-25(13-5-2)22(27)19-10-11-20-21(14-19)26(16(3)24-20)15-17-6-8-18(9-7-17)23(28)29;1-5-13-25(14-6-2)22(26)20-10-7-17(3)21(15-20)24-16-18-8-11-19(12-9-18)23(27)28-4;1-4-12-25(13-5-2)21(26)18-10-11-19(23)20(14-18)24-15-16-6-8-17(9-7-16)22(27)28-3;1-4-8-16(9-5-2)14(17)12-7-6-11(3)13(15)10-12;1-5-2-3-6(8(10)11)4-7(5)9/h7-12,15H,5-6,13-14,16H2,1-4H3;6-11,14H,4-5,12-13,15H2,1-3H3,(H,28,29);7-12,15,24H,5-6,13-14,16H2,1-4H3;6-11,14,24H,4-5,12-13,15,23H2,1-3H3;6-7,10H,4-5,8-9,15H2,1-3H3;2-4H,9H2,1H3,(H,10,11).